The molecule has 0 atom stereocenters. The van der Waals surface area contributed by atoms with Crippen molar-refractivity contribution in [1.82, 2.24) is 18.7 Å². The molecule has 0 saturated carbocycles. The normalized spacial score (nSPS) is 11.3. The summed E-state index contributed by atoms with van der Waals surface area (Å²) in [5.74, 6) is -0.373. The minimum atomic E-state index is -0.561. The summed E-state index contributed by atoms with van der Waals surface area (Å²) >= 11 is 6.33. The molecule has 0 amide bonds. The van der Waals surface area contributed by atoms with E-state index in [1.165, 1.54) is 30.1 Å². The Morgan fingerprint density at radius 3 is 2.67 bits per heavy atom. The van der Waals surface area contributed by atoms with Gasteiger partial charge < -0.3 is 9.30 Å². The van der Waals surface area contributed by atoms with Gasteiger partial charge in [-0.15, -0.1) is 0 Å². The van der Waals surface area contributed by atoms with E-state index < -0.39 is 11.2 Å². The summed E-state index contributed by atoms with van der Waals surface area (Å²) in [5, 5.41) is 0.345. The summed E-state index contributed by atoms with van der Waals surface area (Å²) in [6.07, 6.45) is 1.46. The molecule has 0 aliphatic heterocycles. The number of methoxy groups -OCH3 is 1. The van der Waals surface area contributed by atoms with Gasteiger partial charge in [0.25, 0.3) is 5.56 Å². The molecule has 0 bridgehead atoms. The first-order valence-electron chi connectivity index (χ1n) is 9.20. The second-order valence-electron chi connectivity index (χ2n) is 6.69. The van der Waals surface area contributed by atoms with E-state index in [4.69, 9.17) is 16.3 Å². The van der Waals surface area contributed by atoms with Crippen LogP contribution in [0.2, 0.25) is 5.02 Å². The van der Waals surface area contributed by atoms with Crippen LogP contribution in [0.1, 0.15) is 5.56 Å². The molecule has 0 radical (unpaired) electrons. The Morgan fingerprint density at radius 2 is 1.93 bits per heavy atom. The van der Waals surface area contributed by atoms with Gasteiger partial charge >= 0.3 is 5.69 Å². The van der Waals surface area contributed by atoms with Crippen molar-refractivity contribution in [2.24, 2.45) is 0 Å². The fourth-order valence-electron chi connectivity index (χ4n) is 3.36. The van der Waals surface area contributed by atoms with Crippen LogP contribution in [0.15, 0.2) is 64.4 Å². The van der Waals surface area contributed by atoms with Crippen LogP contribution in [0.4, 0.5) is 4.39 Å². The SMILES string of the molecule is COCCn1c(=O)c2c(ncn2Cc2cccc(F)c2)n(-c2ccccc2Cl)c1=O. The van der Waals surface area contributed by atoms with Crippen LogP contribution in [0, 0.1) is 5.82 Å². The van der Waals surface area contributed by atoms with Gasteiger partial charge in [0.1, 0.15) is 5.82 Å². The lowest BCUT2D eigenvalue weighted by Gasteiger charge is -2.13. The lowest BCUT2D eigenvalue weighted by molar-refractivity contribution is 0.184. The quantitative estimate of drug-likeness (QED) is 0.473. The first kappa shape index (κ1) is 20.1. The summed E-state index contributed by atoms with van der Waals surface area (Å²) < 4.78 is 22.7. The predicted molar refractivity (Wildman–Crippen MR) is 112 cm³/mol. The summed E-state index contributed by atoms with van der Waals surface area (Å²) in [5.41, 5.74) is 0.417. The molecule has 2 heterocycles. The lowest BCUT2D eigenvalue weighted by Crippen LogP contribution is -2.41. The number of benzene rings is 2. The second-order valence-corrected chi connectivity index (χ2v) is 7.10. The average Bonchev–Trinajstić information content (AvgIpc) is 3.13. The van der Waals surface area contributed by atoms with Crippen molar-refractivity contribution in [2.45, 2.75) is 13.1 Å². The highest BCUT2D eigenvalue weighted by molar-refractivity contribution is 6.32. The Balaban J connectivity index is 1.99. The van der Waals surface area contributed by atoms with E-state index in [9.17, 15) is 14.0 Å². The molecule has 4 aromatic rings. The van der Waals surface area contributed by atoms with Gasteiger partial charge in [-0.2, -0.15) is 0 Å². The number of rotatable bonds is 6. The molecule has 0 aliphatic rings. The zero-order chi connectivity index (χ0) is 21.3. The molecule has 154 valence electrons. The molecule has 9 heteroatoms. The van der Waals surface area contributed by atoms with Crippen LogP contribution >= 0.6 is 11.6 Å². The Morgan fingerprint density at radius 1 is 1.13 bits per heavy atom. The molecule has 4 rings (SSSR count). The molecule has 7 nitrogen and oxygen atoms in total. The molecule has 0 saturated heterocycles. The molecule has 0 fully saturated rings. The van der Waals surface area contributed by atoms with E-state index in [0.717, 1.165) is 4.57 Å². The zero-order valence-corrected chi connectivity index (χ0v) is 16.8. The molecular weight excluding hydrogens is 411 g/mol. The maximum absolute atomic E-state index is 13.6. The van der Waals surface area contributed by atoms with E-state index in [-0.39, 0.29) is 36.7 Å². The van der Waals surface area contributed by atoms with Crippen LogP contribution in [-0.2, 0) is 17.8 Å². The minimum absolute atomic E-state index is 0.0692. The third kappa shape index (κ3) is 3.55. The molecule has 0 N–H and O–H groups in total. The van der Waals surface area contributed by atoms with Gasteiger partial charge in [-0.3, -0.25) is 9.36 Å². The molecule has 30 heavy (non-hydrogen) atoms. The Labute approximate surface area is 175 Å². The maximum atomic E-state index is 13.6. The van der Waals surface area contributed by atoms with E-state index in [1.54, 1.807) is 41.0 Å². The van der Waals surface area contributed by atoms with Crippen molar-refractivity contribution < 1.29 is 9.13 Å². The Bertz CT molecular complexity index is 1340. The van der Waals surface area contributed by atoms with Gasteiger partial charge in [0, 0.05) is 13.7 Å². The average molecular weight is 429 g/mol. The summed E-state index contributed by atoms with van der Waals surface area (Å²) in [7, 11) is 1.49. The largest absolute Gasteiger partial charge is 0.383 e. The number of hydrogen-bond donors (Lipinski definition) is 0. The van der Waals surface area contributed by atoms with Gasteiger partial charge in [-0.25, -0.2) is 18.7 Å². The number of para-hydroxylation sites is 1. The summed E-state index contributed by atoms with van der Waals surface area (Å²) in [4.78, 5) is 30.7. The third-order valence-electron chi connectivity index (χ3n) is 4.75. The van der Waals surface area contributed by atoms with E-state index in [2.05, 4.69) is 4.98 Å². The van der Waals surface area contributed by atoms with Crippen LogP contribution in [-0.4, -0.2) is 32.4 Å². The molecule has 0 aliphatic carbocycles. The smallest absolute Gasteiger partial charge is 0.337 e. The highest BCUT2D eigenvalue weighted by Gasteiger charge is 2.20. The number of aromatic nitrogens is 4. The number of hydrogen-bond acceptors (Lipinski definition) is 4. The van der Waals surface area contributed by atoms with Crippen molar-refractivity contribution in [3.05, 3.63) is 92.1 Å². The Hall–Kier alpha value is -3.23. The highest BCUT2D eigenvalue weighted by Crippen LogP contribution is 2.21. The standard InChI is InChI=1S/C21H18ClFN4O3/c1-30-10-9-26-20(28)18-19(27(21(26)29)17-8-3-2-7-16(17)22)24-13-25(18)12-14-5-4-6-15(23)11-14/h2-8,11,13H,9-10,12H2,1H3. The first-order valence-corrected chi connectivity index (χ1v) is 9.58. The molecule has 2 aromatic heterocycles. The van der Waals surface area contributed by atoms with Crippen molar-refractivity contribution in [1.29, 1.82) is 0 Å². The van der Waals surface area contributed by atoms with Crippen molar-refractivity contribution in [3.63, 3.8) is 0 Å². The number of nitrogens with zero attached hydrogens (tertiary/aromatic N) is 4. The molecule has 2 aromatic carbocycles. The van der Waals surface area contributed by atoms with E-state index in [0.29, 0.717) is 16.3 Å². The number of fused-ring (bicyclic) bond motifs is 1. The monoisotopic (exact) mass is 428 g/mol. The fraction of sp³-hybridized carbons (Fsp3) is 0.190. The number of halogens is 2. The Kier molecular flexibility index (Phi) is 5.52. The second kappa shape index (κ2) is 8.25. The number of ether oxygens (including phenoxy) is 1. The fourth-order valence-corrected chi connectivity index (χ4v) is 3.58. The molecule has 0 unspecified atom stereocenters. The number of imidazole rings is 1. The minimum Gasteiger partial charge on any atom is -0.383 e. The van der Waals surface area contributed by atoms with E-state index >= 15 is 0 Å². The van der Waals surface area contributed by atoms with Gasteiger partial charge in [-0.05, 0) is 29.8 Å². The van der Waals surface area contributed by atoms with Crippen molar-refractivity contribution in [2.75, 3.05) is 13.7 Å². The highest BCUT2D eigenvalue weighted by atomic mass is 35.5. The van der Waals surface area contributed by atoms with Crippen LogP contribution in [0.5, 0.6) is 0 Å². The van der Waals surface area contributed by atoms with Crippen LogP contribution in [0.25, 0.3) is 16.9 Å². The van der Waals surface area contributed by atoms with Crippen molar-refractivity contribution in [3.8, 4) is 5.69 Å². The zero-order valence-electron chi connectivity index (χ0n) is 16.1. The predicted octanol–water partition coefficient (Wildman–Crippen LogP) is 2.84. The van der Waals surface area contributed by atoms with Crippen LogP contribution < -0.4 is 11.2 Å². The van der Waals surface area contributed by atoms with E-state index in [1.807, 2.05) is 0 Å². The van der Waals surface area contributed by atoms with Gasteiger partial charge in [0.05, 0.1) is 30.2 Å². The molecular formula is C21H18ClFN4O3. The van der Waals surface area contributed by atoms with Gasteiger partial charge in [0.15, 0.2) is 11.2 Å². The van der Waals surface area contributed by atoms with Gasteiger partial charge in [0.2, 0.25) is 0 Å². The summed E-state index contributed by atoms with van der Waals surface area (Å²) in [6.45, 7) is 0.468. The first-order chi connectivity index (χ1) is 14.5. The third-order valence-corrected chi connectivity index (χ3v) is 5.07. The molecule has 0 spiro atoms. The maximum Gasteiger partial charge on any atom is 0.337 e. The summed E-state index contributed by atoms with van der Waals surface area (Å²) in [6, 6.07) is 12.9. The lowest BCUT2D eigenvalue weighted by atomic mass is 10.2. The van der Waals surface area contributed by atoms with Crippen molar-refractivity contribution >= 4 is 22.8 Å². The van der Waals surface area contributed by atoms with Crippen LogP contribution in [0.3, 0.4) is 0 Å². The van der Waals surface area contributed by atoms with Gasteiger partial charge in [-0.1, -0.05) is 35.9 Å². The topological polar surface area (TPSA) is 71.1 Å².